The predicted molar refractivity (Wildman–Crippen MR) is 102 cm³/mol. The molecule has 3 N–H and O–H groups in total. The van der Waals surface area contributed by atoms with E-state index in [0.717, 1.165) is 37.1 Å². The van der Waals surface area contributed by atoms with Gasteiger partial charge in [0.25, 0.3) is 5.91 Å². The van der Waals surface area contributed by atoms with Crippen LogP contribution in [0.4, 0.5) is 5.13 Å². The first kappa shape index (κ1) is 18.8. The number of hydrogen-bond donors (Lipinski definition) is 3. The van der Waals surface area contributed by atoms with Gasteiger partial charge in [-0.15, -0.1) is 10.2 Å². The van der Waals surface area contributed by atoms with Crippen LogP contribution in [0.1, 0.15) is 62.3 Å². The van der Waals surface area contributed by atoms with Crippen LogP contribution >= 0.6 is 11.3 Å². The van der Waals surface area contributed by atoms with Crippen molar-refractivity contribution >= 4 is 28.3 Å². The fourth-order valence-corrected chi connectivity index (χ4v) is 4.58. The predicted octanol–water partition coefficient (Wildman–Crippen LogP) is 1.24. The number of carbonyl (C=O) groups is 2. The van der Waals surface area contributed by atoms with E-state index >= 15 is 0 Å². The van der Waals surface area contributed by atoms with E-state index in [1.54, 1.807) is 0 Å². The van der Waals surface area contributed by atoms with Gasteiger partial charge < -0.3 is 10.4 Å². The number of amides is 2. The highest BCUT2D eigenvalue weighted by Crippen LogP contribution is 2.38. The molecule has 27 heavy (non-hydrogen) atoms. The highest BCUT2D eigenvalue weighted by atomic mass is 32.1. The Morgan fingerprint density at radius 3 is 2.44 bits per heavy atom. The zero-order chi connectivity index (χ0) is 18.9. The lowest BCUT2D eigenvalue weighted by Crippen LogP contribution is -2.57. The molecule has 3 aliphatic rings. The molecule has 2 aliphatic carbocycles. The van der Waals surface area contributed by atoms with Crippen molar-refractivity contribution < 1.29 is 14.7 Å². The molecule has 8 nitrogen and oxygen atoms in total. The summed E-state index contributed by atoms with van der Waals surface area (Å²) in [6.45, 7) is 1.27. The molecular formula is C18H27N5O3S. The average molecular weight is 394 g/mol. The number of anilines is 1. The molecule has 0 bridgehead atoms. The number of likely N-dealkylation sites (tertiary alicyclic amines) is 1. The van der Waals surface area contributed by atoms with Gasteiger partial charge in [-0.2, -0.15) is 0 Å². The molecule has 0 radical (unpaired) electrons. The van der Waals surface area contributed by atoms with E-state index in [9.17, 15) is 14.7 Å². The van der Waals surface area contributed by atoms with Gasteiger partial charge in [0.2, 0.25) is 11.0 Å². The van der Waals surface area contributed by atoms with Crippen LogP contribution in [-0.2, 0) is 9.59 Å². The van der Waals surface area contributed by atoms with Crippen molar-refractivity contribution in [2.75, 3.05) is 25.0 Å². The number of aliphatic hydroxyl groups is 1. The van der Waals surface area contributed by atoms with Gasteiger partial charge in [0.15, 0.2) is 0 Å². The monoisotopic (exact) mass is 393 g/mol. The molecule has 2 saturated carbocycles. The van der Waals surface area contributed by atoms with Crippen molar-refractivity contribution in [3.8, 4) is 0 Å². The van der Waals surface area contributed by atoms with Crippen LogP contribution in [0.15, 0.2) is 0 Å². The molecule has 9 heteroatoms. The van der Waals surface area contributed by atoms with Crippen LogP contribution in [0, 0.1) is 0 Å². The van der Waals surface area contributed by atoms with E-state index in [-0.39, 0.29) is 24.4 Å². The van der Waals surface area contributed by atoms with Crippen LogP contribution in [0.5, 0.6) is 0 Å². The number of carbonyl (C=O) groups excluding carboxylic acids is 2. The topological polar surface area (TPSA) is 107 Å². The van der Waals surface area contributed by atoms with Gasteiger partial charge in [0, 0.05) is 25.0 Å². The third-order valence-corrected chi connectivity index (χ3v) is 7.06. The van der Waals surface area contributed by atoms with Crippen molar-refractivity contribution in [2.45, 2.75) is 68.9 Å². The first-order valence-corrected chi connectivity index (χ1v) is 10.7. The van der Waals surface area contributed by atoms with Crippen molar-refractivity contribution in [1.82, 2.24) is 20.4 Å². The molecule has 0 atom stereocenters. The molecule has 0 spiro atoms. The van der Waals surface area contributed by atoms with Gasteiger partial charge in [-0.05, 0) is 44.9 Å². The van der Waals surface area contributed by atoms with E-state index in [4.69, 9.17) is 0 Å². The van der Waals surface area contributed by atoms with Crippen molar-refractivity contribution in [3.63, 3.8) is 0 Å². The minimum Gasteiger partial charge on any atom is -0.380 e. The molecule has 2 amide bonds. The maximum Gasteiger partial charge on any atom is 0.252 e. The van der Waals surface area contributed by atoms with E-state index in [1.807, 2.05) is 4.90 Å². The zero-order valence-corrected chi connectivity index (χ0v) is 16.3. The van der Waals surface area contributed by atoms with Gasteiger partial charge in [0.1, 0.15) is 10.6 Å². The molecule has 1 aromatic heterocycles. The largest absolute Gasteiger partial charge is 0.380 e. The molecule has 1 aromatic rings. The maximum atomic E-state index is 12.3. The maximum absolute atomic E-state index is 12.3. The second-order valence-corrected chi connectivity index (χ2v) is 9.04. The summed E-state index contributed by atoms with van der Waals surface area (Å²) < 4.78 is 0. The lowest BCUT2D eigenvalue weighted by Gasteiger charge is -2.38. The van der Waals surface area contributed by atoms with Crippen LogP contribution in [0.3, 0.4) is 0 Å². The van der Waals surface area contributed by atoms with Crippen molar-refractivity contribution in [2.24, 2.45) is 0 Å². The number of aromatic nitrogens is 2. The Labute approximate surface area is 162 Å². The quantitative estimate of drug-likeness (QED) is 0.671. The highest BCUT2D eigenvalue weighted by molar-refractivity contribution is 7.15. The minimum absolute atomic E-state index is 0.129. The van der Waals surface area contributed by atoms with Crippen molar-refractivity contribution in [1.29, 1.82) is 0 Å². The first-order chi connectivity index (χ1) is 13.0. The normalized spacial score (nSPS) is 23.3. The van der Waals surface area contributed by atoms with E-state index in [2.05, 4.69) is 20.8 Å². The van der Waals surface area contributed by atoms with Crippen LogP contribution in [0.2, 0.25) is 0 Å². The molecule has 2 heterocycles. The molecule has 148 valence electrons. The Kier molecular flexibility index (Phi) is 5.43. The Bertz CT molecular complexity index is 693. The van der Waals surface area contributed by atoms with E-state index in [0.29, 0.717) is 37.0 Å². The molecule has 0 unspecified atom stereocenters. The number of nitrogens with one attached hydrogen (secondary N) is 2. The summed E-state index contributed by atoms with van der Waals surface area (Å²) >= 11 is 1.46. The Hall–Kier alpha value is -1.58. The zero-order valence-electron chi connectivity index (χ0n) is 15.4. The molecule has 1 saturated heterocycles. The fourth-order valence-electron chi connectivity index (χ4n) is 3.65. The summed E-state index contributed by atoms with van der Waals surface area (Å²) in [5.74, 6) is 0.128. The SMILES string of the molecule is O=C(CN1CCC(O)(C(=O)NC2CCC2)CC1)Nc1nnc(C2CCC2)s1. The number of piperidine rings is 1. The molecule has 3 fully saturated rings. The van der Waals surface area contributed by atoms with Gasteiger partial charge in [-0.1, -0.05) is 17.8 Å². The second kappa shape index (κ2) is 7.81. The standard InChI is InChI=1S/C18H27N5O3S/c24-14(20-17-22-21-15(27-17)12-3-1-4-12)11-23-9-7-18(26,8-10-23)16(25)19-13-5-2-6-13/h12-13,26H,1-11H2,(H,19,25)(H,20,22,24). The van der Waals surface area contributed by atoms with Gasteiger partial charge in [-0.3, -0.25) is 19.8 Å². The minimum atomic E-state index is -1.31. The van der Waals surface area contributed by atoms with E-state index in [1.165, 1.54) is 17.8 Å². The number of nitrogens with zero attached hydrogens (tertiary/aromatic N) is 3. The van der Waals surface area contributed by atoms with Gasteiger partial charge >= 0.3 is 0 Å². The molecule has 4 rings (SSSR count). The summed E-state index contributed by atoms with van der Waals surface area (Å²) in [6, 6.07) is 0.224. The van der Waals surface area contributed by atoms with Crippen LogP contribution in [-0.4, -0.2) is 63.3 Å². The first-order valence-electron chi connectivity index (χ1n) is 9.91. The molecule has 1 aliphatic heterocycles. The Morgan fingerprint density at radius 1 is 1.15 bits per heavy atom. The summed E-state index contributed by atoms with van der Waals surface area (Å²) in [5, 5.41) is 26.2. The van der Waals surface area contributed by atoms with Crippen LogP contribution < -0.4 is 10.6 Å². The highest BCUT2D eigenvalue weighted by Gasteiger charge is 2.40. The molecule has 0 aromatic carbocycles. The summed E-state index contributed by atoms with van der Waals surface area (Å²) in [4.78, 5) is 26.5. The second-order valence-electron chi connectivity index (χ2n) is 8.03. The summed E-state index contributed by atoms with van der Waals surface area (Å²) in [6.07, 6.45) is 7.41. The van der Waals surface area contributed by atoms with Gasteiger partial charge in [0.05, 0.1) is 6.54 Å². The average Bonchev–Trinajstić information content (AvgIpc) is 2.99. The lowest BCUT2D eigenvalue weighted by molar-refractivity contribution is -0.146. The van der Waals surface area contributed by atoms with Gasteiger partial charge in [-0.25, -0.2) is 0 Å². The smallest absolute Gasteiger partial charge is 0.252 e. The summed E-state index contributed by atoms with van der Waals surface area (Å²) in [5.41, 5.74) is -1.31. The third-order valence-electron chi connectivity index (χ3n) is 6.05. The van der Waals surface area contributed by atoms with E-state index < -0.39 is 5.60 Å². The number of rotatable bonds is 6. The molecular weight excluding hydrogens is 366 g/mol. The number of hydrogen-bond acceptors (Lipinski definition) is 7. The third kappa shape index (κ3) is 4.30. The Balaban J connectivity index is 1.21. The Morgan fingerprint density at radius 2 is 1.85 bits per heavy atom. The lowest BCUT2D eigenvalue weighted by atomic mass is 9.86. The van der Waals surface area contributed by atoms with Crippen molar-refractivity contribution in [3.05, 3.63) is 5.01 Å². The van der Waals surface area contributed by atoms with Crippen LogP contribution in [0.25, 0.3) is 0 Å². The fraction of sp³-hybridized carbons (Fsp3) is 0.778. The summed E-state index contributed by atoms with van der Waals surface area (Å²) in [7, 11) is 0.